The van der Waals surface area contributed by atoms with Crippen molar-refractivity contribution < 1.29 is 19.8 Å². The monoisotopic (exact) mass is 675 g/mol. The number of rotatable bonds is 37. The molecule has 0 saturated carbocycles. The van der Waals surface area contributed by atoms with Crippen LogP contribution >= 0.6 is 0 Å². The lowest BCUT2D eigenvalue weighted by Crippen LogP contribution is -1.93. The second-order valence-electron chi connectivity index (χ2n) is 14.0. The van der Waals surface area contributed by atoms with Crippen molar-refractivity contribution in [1.29, 1.82) is 0 Å². The van der Waals surface area contributed by atoms with Gasteiger partial charge in [-0.15, -0.1) is 0 Å². The van der Waals surface area contributed by atoms with Gasteiger partial charge in [0, 0.05) is 12.5 Å². The van der Waals surface area contributed by atoms with Gasteiger partial charge in [0.25, 0.3) is 0 Å². The van der Waals surface area contributed by atoms with Gasteiger partial charge in [-0.3, -0.25) is 4.79 Å². The van der Waals surface area contributed by atoms with Crippen LogP contribution in [-0.4, -0.2) is 22.2 Å². The predicted molar refractivity (Wildman–Crippen MR) is 211 cm³/mol. The van der Waals surface area contributed by atoms with Crippen LogP contribution in [0.4, 0.5) is 0 Å². The molecule has 0 amide bonds. The summed E-state index contributed by atoms with van der Waals surface area (Å²) in [4.78, 5) is 20.6. The van der Waals surface area contributed by atoms with Crippen molar-refractivity contribution >= 4 is 11.9 Å². The SMILES string of the molecule is CCCCCCCCC=CCCCCCCCCCCCC(=O)O.CCCCCCCCCCCCCCCCCC=CC=CC(=O)O. The van der Waals surface area contributed by atoms with Crippen LogP contribution in [0.1, 0.15) is 232 Å². The van der Waals surface area contributed by atoms with Crippen molar-refractivity contribution in [3.63, 3.8) is 0 Å². The maximum absolute atomic E-state index is 10.4. The van der Waals surface area contributed by atoms with Gasteiger partial charge in [0.15, 0.2) is 0 Å². The molecule has 4 nitrogen and oxygen atoms in total. The van der Waals surface area contributed by atoms with Gasteiger partial charge in [-0.25, -0.2) is 4.79 Å². The van der Waals surface area contributed by atoms with Gasteiger partial charge in [-0.2, -0.15) is 0 Å². The molecule has 4 heteroatoms. The Labute approximate surface area is 299 Å². The Hall–Kier alpha value is -1.84. The number of hydrogen-bond donors (Lipinski definition) is 2. The van der Waals surface area contributed by atoms with Gasteiger partial charge in [0.1, 0.15) is 0 Å². The van der Waals surface area contributed by atoms with Gasteiger partial charge in [0.05, 0.1) is 0 Å². The Kier molecular flexibility index (Phi) is 45.4. The largest absolute Gasteiger partial charge is 0.481 e. The molecule has 0 aromatic carbocycles. The van der Waals surface area contributed by atoms with E-state index in [0.29, 0.717) is 6.42 Å². The van der Waals surface area contributed by atoms with Crippen LogP contribution in [-0.2, 0) is 9.59 Å². The minimum Gasteiger partial charge on any atom is -0.481 e. The number of hydrogen-bond acceptors (Lipinski definition) is 2. The highest BCUT2D eigenvalue weighted by Gasteiger charge is 1.97. The predicted octanol–water partition coefficient (Wildman–Crippen LogP) is 15.1. The molecule has 0 aliphatic rings. The summed E-state index contributed by atoms with van der Waals surface area (Å²) in [5.41, 5.74) is 0. The van der Waals surface area contributed by atoms with E-state index in [2.05, 4.69) is 32.1 Å². The molecular formula is C44H82O4. The maximum atomic E-state index is 10.4. The highest BCUT2D eigenvalue weighted by molar-refractivity contribution is 5.80. The second-order valence-corrected chi connectivity index (χ2v) is 14.0. The number of carboxylic acid groups (broad SMARTS) is 2. The van der Waals surface area contributed by atoms with Crippen molar-refractivity contribution in [2.75, 3.05) is 0 Å². The first kappa shape index (κ1) is 48.3. The molecule has 0 bridgehead atoms. The summed E-state index contributed by atoms with van der Waals surface area (Å²) in [6, 6.07) is 0. The average molecular weight is 675 g/mol. The number of allylic oxidation sites excluding steroid dienone is 5. The first-order valence-electron chi connectivity index (χ1n) is 21.0. The number of carboxylic acids is 2. The van der Waals surface area contributed by atoms with Crippen LogP contribution in [0.15, 0.2) is 36.5 Å². The van der Waals surface area contributed by atoms with Crippen LogP contribution < -0.4 is 0 Å². The third-order valence-corrected chi connectivity index (χ3v) is 9.11. The van der Waals surface area contributed by atoms with E-state index in [1.54, 1.807) is 6.08 Å². The molecule has 0 aliphatic heterocycles. The first-order valence-corrected chi connectivity index (χ1v) is 21.0. The standard InChI is InChI=1S/C22H42O2.C22H40O2/c2*1-2-3-4-5-6-7-8-9-10-11-12-13-14-15-16-17-18-19-20-21-22(23)24/h9-10H,2-8,11-21H2,1H3,(H,23,24);18-21H,2-17H2,1H3,(H,23,24). The van der Waals surface area contributed by atoms with Crippen LogP contribution in [0.25, 0.3) is 0 Å². The smallest absolute Gasteiger partial charge is 0.328 e. The molecule has 0 spiro atoms. The lowest BCUT2D eigenvalue weighted by Gasteiger charge is -2.03. The zero-order valence-electron chi connectivity index (χ0n) is 32.2. The Balaban J connectivity index is 0. The summed E-state index contributed by atoms with van der Waals surface area (Å²) >= 11 is 0. The Morgan fingerprint density at radius 2 is 0.667 bits per heavy atom. The molecular weight excluding hydrogens is 592 g/mol. The quantitative estimate of drug-likeness (QED) is 0.0298. The van der Waals surface area contributed by atoms with E-state index in [1.807, 2.05) is 6.08 Å². The van der Waals surface area contributed by atoms with E-state index in [-0.39, 0.29) is 0 Å². The molecule has 0 aliphatic carbocycles. The fraction of sp³-hybridized carbons (Fsp3) is 0.818. The molecule has 0 heterocycles. The fourth-order valence-corrected chi connectivity index (χ4v) is 6.00. The molecule has 0 unspecified atom stereocenters. The van der Waals surface area contributed by atoms with E-state index < -0.39 is 11.9 Å². The summed E-state index contributed by atoms with van der Waals surface area (Å²) in [6.45, 7) is 4.55. The van der Waals surface area contributed by atoms with Crippen molar-refractivity contribution in [2.24, 2.45) is 0 Å². The highest BCUT2D eigenvalue weighted by Crippen LogP contribution is 2.15. The summed E-state index contributed by atoms with van der Waals surface area (Å²) in [5, 5.41) is 17.0. The van der Waals surface area contributed by atoms with Crippen molar-refractivity contribution in [2.45, 2.75) is 232 Å². The summed E-state index contributed by atoms with van der Waals surface area (Å²) in [6.07, 6.45) is 55.7. The van der Waals surface area contributed by atoms with E-state index in [0.717, 1.165) is 19.3 Å². The maximum Gasteiger partial charge on any atom is 0.328 e. The number of carbonyl (C=O) groups is 2. The van der Waals surface area contributed by atoms with E-state index in [1.165, 1.54) is 199 Å². The van der Waals surface area contributed by atoms with Crippen LogP contribution in [0, 0.1) is 0 Å². The first-order chi connectivity index (χ1) is 23.5. The molecule has 2 N–H and O–H groups in total. The zero-order valence-corrected chi connectivity index (χ0v) is 32.2. The summed E-state index contributed by atoms with van der Waals surface area (Å²) in [7, 11) is 0. The van der Waals surface area contributed by atoms with E-state index in [9.17, 15) is 9.59 Å². The molecule has 0 radical (unpaired) electrons. The van der Waals surface area contributed by atoms with Crippen LogP contribution in [0.5, 0.6) is 0 Å². The minimum atomic E-state index is -0.883. The van der Waals surface area contributed by atoms with Crippen molar-refractivity contribution in [1.82, 2.24) is 0 Å². The lowest BCUT2D eigenvalue weighted by atomic mass is 10.0. The molecule has 0 aromatic rings. The van der Waals surface area contributed by atoms with Crippen LogP contribution in [0.2, 0.25) is 0 Å². The van der Waals surface area contributed by atoms with E-state index >= 15 is 0 Å². The van der Waals surface area contributed by atoms with Gasteiger partial charge >= 0.3 is 11.9 Å². The summed E-state index contributed by atoms with van der Waals surface area (Å²) < 4.78 is 0. The third kappa shape index (κ3) is 51.0. The Morgan fingerprint density at radius 3 is 0.979 bits per heavy atom. The minimum absolute atomic E-state index is 0.340. The fourth-order valence-electron chi connectivity index (χ4n) is 6.00. The molecule has 0 saturated heterocycles. The summed E-state index contributed by atoms with van der Waals surface area (Å²) in [5.74, 6) is -1.54. The Bertz CT molecular complexity index is 723. The molecule has 0 atom stereocenters. The molecule has 48 heavy (non-hydrogen) atoms. The average Bonchev–Trinajstić information content (AvgIpc) is 3.07. The van der Waals surface area contributed by atoms with Crippen molar-refractivity contribution in [3.05, 3.63) is 36.5 Å². The van der Waals surface area contributed by atoms with Gasteiger partial charge < -0.3 is 10.2 Å². The molecule has 282 valence electrons. The normalized spacial score (nSPS) is 11.5. The van der Waals surface area contributed by atoms with Gasteiger partial charge in [0.2, 0.25) is 0 Å². The zero-order chi connectivity index (χ0) is 35.4. The highest BCUT2D eigenvalue weighted by atomic mass is 16.4. The van der Waals surface area contributed by atoms with E-state index in [4.69, 9.17) is 10.2 Å². The third-order valence-electron chi connectivity index (χ3n) is 9.11. The molecule has 0 fully saturated rings. The lowest BCUT2D eigenvalue weighted by molar-refractivity contribution is -0.137. The van der Waals surface area contributed by atoms with Gasteiger partial charge in [-0.05, 0) is 44.9 Å². The topological polar surface area (TPSA) is 74.6 Å². The second kappa shape index (κ2) is 45.2. The number of aliphatic carboxylic acids is 2. The Morgan fingerprint density at radius 1 is 0.375 bits per heavy atom. The molecule has 0 aromatic heterocycles. The van der Waals surface area contributed by atoms with Crippen LogP contribution in [0.3, 0.4) is 0 Å². The van der Waals surface area contributed by atoms with Crippen molar-refractivity contribution in [3.8, 4) is 0 Å². The molecule has 0 rings (SSSR count). The number of unbranched alkanes of at least 4 members (excludes halogenated alkanes) is 30. The van der Waals surface area contributed by atoms with Gasteiger partial charge in [-0.1, -0.05) is 211 Å².